The smallest absolute Gasteiger partial charge is 0.242 e. The van der Waals surface area contributed by atoms with E-state index in [9.17, 15) is 62.3 Å². The van der Waals surface area contributed by atoms with Crippen molar-refractivity contribution < 1.29 is 80.4 Å². The van der Waals surface area contributed by atoms with Crippen molar-refractivity contribution in [2.24, 2.45) is 0 Å². The molecule has 0 aromatic carbocycles. The van der Waals surface area contributed by atoms with Gasteiger partial charge in [0, 0.05) is 0 Å². The lowest BCUT2D eigenvalue weighted by Crippen LogP contribution is -2.61. The van der Waals surface area contributed by atoms with Gasteiger partial charge in [0.1, 0.15) is 0 Å². The van der Waals surface area contributed by atoms with E-state index in [1.807, 2.05) is 0 Å². The van der Waals surface area contributed by atoms with Gasteiger partial charge in [-0.15, -0.1) is 0 Å². The standard InChI is InChI=1S/C8F12O6P/c9-5(10,11)3(6(12,13)14)1(21)23-27(25-3)24-2(22)4(26-27,7(15,16)17)8(18,19)20/q+1. The summed E-state index contributed by atoms with van der Waals surface area (Å²) < 4.78 is 166. The van der Waals surface area contributed by atoms with Gasteiger partial charge in [-0.2, -0.15) is 52.7 Å². The largest absolute Gasteiger partial charge is 0.679 e. The van der Waals surface area contributed by atoms with E-state index in [0.29, 0.717) is 0 Å². The molecule has 0 atom stereocenters. The maximum absolute atomic E-state index is 12.8. The van der Waals surface area contributed by atoms with E-state index in [0.717, 1.165) is 0 Å². The zero-order chi connectivity index (χ0) is 21.5. The Labute approximate surface area is 137 Å². The van der Waals surface area contributed by atoms with Gasteiger partial charge >= 0.3 is 56.0 Å². The van der Waals surface area contributed by atoms with E-state index >= 15 is 0 Å². The molecule has 0 aromatic rings. The first kappa shape index (κ1) is 21.7. The van der Waals surface area contributed by atoms with Gasteiger partial charge in [-0.3, -0.25) is 0 Å². The fourth-order valence-corrected chi connectivity index (χ4v) is 3.97. The molecule has 27 heavy (non-hydrogen) atoms. The molecule has 0 aliphatic carbocycles. The number of rotatable bonds is 0. The van der Waals surface area contributed by atoms with Crippen molar-refractivity contribution in [3.8, 4) is 0 Å². The van der Waals surface area contributed by atoms with Crippen LogP contribution in [-0.4, -0.2) is 47.8 Å². The van der Waals surface area contributed by atoms with E-state index in [2.05, 4.69) is 18.1 Å². The molecule has 2 rings (SSSR count). The molecule has 0 N–H and O–H groups in total. The van der Waals surface area contributed by atoms with E-state index < -0.39 is 56.0 Å². The van der Waals surface area contributed by atoms with Crippen molar-refractivity contribution in [2.75, 3.05) is 0 Å². The van der Waals surface area contributed by atoms with Crippen LogP contribution < -0.4 is 0 Å². The molecule has 2 saturated heterocycles. The molecule has 19 heteroatoms. The van der Waals surface area contributed by atoms with Crippen molar-refractivity contribution in [2.45, 2.75) is 35.9 Å². The van der Waals surface area contributed by atoms with Gasteiger partial charge in [-0.1, -0.05) is 9.05 Å². The average Bonchev–Trinajstić information content (AvgIpc) is 2.82. The summed E-state index contributed by atoms with van der Waals surface area (Å²) in [6, 6.07) is 0. The van der Waals surface area contributed by atoms with Crippen LogP contribution in [0.3, 0.4) is 0 Å². The van der Waals surface area contributed by atoms with Gasteiger partial charge in [0.25, 0.3) is 0 Å². The second-order valence-electron chi connectivity index (χ2n) is 4.74. The zero-order valence-corrected chi connectivity index (χ0v) is 12.3. The van der Waals surface area contributed by atoms with Crippen molar-refractivity contribution in [3.05, 3.63) is 0 Å². The summed E-state index contributed by atoms with van der Waals surface area (Å²) in [5, 5.41) is 0. The number of hydrogen-bond acceptors (Lipinski definition) is 6. The molecule has 0 bridgehead atoms. The minimum atomic E-state index is -6.79. The number of halogens is 12. The fourth-order valence-electron chi connectivity index (χ4n) is 1.84. The number of alkyl halides is 12. The Bertz CT molecular complexity index is 587. The van der Waals surface area contributed by atoms with Crippen molar-refractivity contribution in [1.82, 2.24) is 0 Å². The van der Waals surface area contributed by atoms with Crippen LogP contribution in [0.15, 0.2) is 0 Å². The Kier molecular flexibility index (Phi) is 4.25. The summed E-state index contributed by atoms with van der Waals surface area (Å²) in [4.78, 5) is 22.3. The molecular weight excluding hydrogens is 451 g/mol. The van der Waals surface area contributed by atoms with Gasteiger partial charge in [0.15, 0.2) is 0 Å². The van der Waals surface area contributed by atoms with Crippen molar-refractivity contribution in [1.29, 1.82) is 0 Å². The van der Waals surface area contributed by atoms with Gasteiger partial charge in [-0.25, -0.2) is 18.6 Å². The molecule has 156 valence electrons. The lowest BCUT2D eigenvalue weighted by Gasteiger charge is -2.26. The minimum absolute atomic E-state index is 3.08. The number of carbonyl (C=O) groups is 2. The number of carbonyl (C=O) groups excluding carboxylic acids is 2. The van der Waals surface area contributed by atoms with Crippen LogP contribution in [0.25, 0.3) is 0 Å². The van der Waals surface area contributed by atoms with Crippen molar-refractivity contribution in [3.63, 3.8) is 0 Å². The quantitative estimate of drug-likeness (QED) is 0.415. The highest BCUT2D eigenvalue weighted by molar-refractivity contribution is 7.58. The van der Waals surface area contributed by atoms with Crippen LogP contribution >= 0.6 is 8.17 Å². The van der Waals surface area contributed by atoms with E-state index in [-0.39, 0.29) is 0 Å². The first-order chi connectivity index (χ1) is 11.7. The summed E-state index contributed by atoms with van der Waals surface area (Å²) in [6.45, 7) is 0. The van der Waals surface area contributed by atoms with Gasteiger partial charge in [0.05, 0.1) is 0 Å². The van der Waals surface area contributed by atoms with Crippen LogP contribution in [0, 0.1) is 0 Å². The molecule has 0 unspecified atom stereocenters. The summed E-state index contributed by atoms with van der Waals surface area (Å²) in [5.41, 5.74) is -12.1. The molecule has 0 aromatic heterocycles. The average molecular weight is 451 g/mol. The van der Waals surface area contributed by atoms with Crippen LogP contribution in [0.2, 0.25) is 0 Å². The highest BCUT2D eigenvalue weighted by atomic mass is 31.2. The summed E-state index contributed by atoms with van der Waals surface area (Å²) >= 11 is 0. The van der Waals surface area contributed by atoms with E-state index in [1.54, 1.807) is 0 Å². The Morgan fingerprint density at radius 3 is 0.926 bits per heavy atom. The third-order valence-corrected chi connectivity index (χ3v) is 4.83. The lowest BCUT2D eigenvalue weighted by molar-refractivity contribution is -0.345. The van der Waals surface area contributed by atoms with Crippen LogP contribution in [-0.2, 0) is 27.7 Å². The minimum Gasteiger partial charge on any atom is -0.242 e. The first-order valence-corrected chi connectivity index (χ1v) is 7.18. The predicted molar refractivity (Wildman–Crippen MR) is 51.0 cm³/mol. The summed E-state index contributed by atoms with van der Waals surface area (Å²) in [6.07, 6.45) is -27.2. The molecule has 6 nitrogen and oxygen atoms in total. The third kappa shape index (κ3) is 2.63. The monoisotopic (exact) mass is 451 g/mol. The Morgan fingerprint density at radius 1 is 0.556 bits per heavy atom. The topological polar surface area (TPSA) is 71.1 Å². The fraction of sp³-hybridized carbons (Fsp3) is 0.750. The SMILES string of the molecule is O=C1O[P+]2(OC(=O)C(C(F)(F)F)(C(F)(F)F)O2)OC1(C(F)(F)F)C(F)(F)F. The van der Waals surface area contributed by atoms with Gasteiger partial charge in [0.2, 0.25) is 0 Å². The van der Waals surface area contributed by atoms with Crippen LogP contribution in [0.5, 0.6) is 0 Å². The summed E-state index contributed by atoms with van der Waals surface area (Å²) in [7, 11) is -6.52. The van der Waals surface area contributed by atoms with Crippen LogP contribution in [0.1, 0.15) is 0 Å². The Morgan fingerprint density at radius 2 is 0.778 bits per heavy atom. The molecule has 0 amide bonds. The molecule has 0 saturated carbocycles. The zero-order valence-electron chi connectivity index (χ0n) is 11.4. The molecular formula is C8F12O6P+. The Balaban J connectivity index is 2.64. The molecule has 2 fully saturated rings. The molecule has 0 radical (unpaired) electrons. The molecule has 1 spiro atoms. The predicted octanol–water partition coefficient (Wildman–Crippen LogP) is 3.54. The molecule has 2 heterocycles. The second-order valence-corrected chi connectivity index (χ2v) is 6.37. The normalized spacial score (nSPS) is 24.9. The second kappa shape index (κ2) is 5.28. The first-order valence-electron chi connectivity index (χ1n) is 5.72. The highest BCUT2D eigenvalue weighted by Gasteiger charge is 2.99. The van der Waals surface area contributed by atoms with Gasteiger partial charge in [-0.05, 0) is 0 Å². The van der Waals surface area contributed by atoms with Crippen molar-refractivity contribution >= 4 is 20.1 Å². The Hall–Kier alpha value is -1.55. The maximum Gasteiger partial charge on any atom is 0.679 e. The molecule has 2 aliphatic rings. The lowest BCUT2D eigenvalue weighted by atomic mass is 10.0. The van der Waals surface area contributed by atoms with E-state index in [4.69, 9.17) is 0 Å². The van der Waals surface area contributed by atoms with E-state index in [1.165, 1.54) is 0 Å². The number of hydrogen-bond donors (Lipinski definition) is 0. The highest BCUT2D eigenvalue weighted by Crippen LogP contribution is 2.80. The van der Waals surface area contributed by atoms with Gasteiger partial charge < -0.3 is 0 Å². The third-order valence-electron chi connectivity index (χ3n) is 3.06. The summed E-state index contributed by atoms with van der Waals surface area (Å²) in [5.74, 6) is -7.05. The maximum atomic E-state index is 12.8. The molecule has 2 aliphatic heterocycles. The van der Waals surface area contributed by atoms with Crippen LogP contribution in [0.4, 0.5) is 52.7 Å².